The number of hydrogen-bond donors (Lipinski definition) is 2. The summed E-state index contributed by atoms with van der Waals surface area (Å²) in [5.74, 6) is -0.252. The van der Waals surface area contributed by atoms with Gasteiger partial charge in [0, 0.05) is 6.04 Å². The van der Waals surface area contributed by atoms with Crippen LogP contribution in [-0.4, -0.2) is 37.9 Å². The standard InChI is InChI=1S/C11H16N4O4/c1-6-11(15(18)19)7(2)14(13-6)5-10(17)12-8-3-9(16)4-8/h8-9,16H,3-5H2,1-2H3,(H,12,17). The second kappa shape index (κ2) is 4.96. The van der Waals surface area contributed by atoms with Crippen molar-refractivity contribution >= 4 is 11.6 Å². The number of carbonyl (C=O) groups excluding carboxylic acids is 1. The molecule has 0 aliphatic heterocycles. The van der Waals surface area contributed by atoms with E-state index in [9.17, 15) is 14.9 Å². The monoisotopic (exact) mass is 268 g/mol. The van der Waals surface area contributed by atoms with E-state index in [1.807, 2.05) is 0 Å². The first-order valence-electron chi connectivity index (χ1n) is 6.04. The van der Waals surface area contributed by atoms with Gasteiger partial charge in [-0.25, -0.2) is 0 Å². The maximum absolute atomic E-state index is 11.7. The number of nitro groups is 1. The Balaban J connectivity index is 2.01. The van der Waals surface area contributed by atoms with E-state index >= 15 is 0 Å². The molecule has 1 heterocycles. The highest BCUT2D eigenvalue weighted by Crippen LogP contribution is 2.22. The average molecular weight is 268 g/mol. The van der Waals surface area contributed by atoms with Gasteiger partial charge in [-0.3, -0.25) is 19.6 Å². The minimum absolute atomic E-state index is 0.00514. The van der Waals surface area contributed by atoms with Gasteiger partial charge in [0.05, 0.1) is 11.0 Å². The van der Waals surface area contributed by atoms with Crippen molar-refractivity contribution in [3.63, 3.8) is 0 Å². The highest BCUT2D eigenvalue weighted by molar-refractivity contribution is 5.76. The summed E-state index contributed by atoms with van der Waals surface area (Å²) in [5.41, 5.74) is 0.618. The Morgan fingerprint density at radius 1 is 1.58 bits per heavy atom. The summed E-state index contributed by atoms with van der Waals surface area (Å²) >= 11 is 0. The molecule has 1 aromatic heterocycles. The van der Waals surface area contributed by atoms with Crippen molar-refractivity contribution in [2.75, 3.05) is 0 Å². The number of nitrogens with zero attached hydrogens (tertiary/aromatic N) is 3. The molecular weight excluding hydrogens is 252 g/mol. The van der Waals surface area contributed by atoms with Crippen LogP contribution in [0.1, 0.15) is 24.2 Å². The summed E-state index contributed by atoms with van der Waals surface area (Å²) in [7, 11) is 0. The number of aryl methyl sites for hydroxylation is 1. The molecule has 1 fully saturated rings. The number of amides is 1. The Morgan fingerprint density at radius 3 is 2.68 bits per heavy atom. The van der Waals surface area contributed by atoms with Gasteiger partial charge in [-0.2, -0.15) is 5.10 Å². The zero-order valence-electron chi connectivity index (χ0n) is 10.8. The summed E-state index contributed by atoms with van der Waals surface area (Å²) < 4.78 is 1.33. The Hall–Kier alpha value is -1.96. The molecular formula is C11H16N4O4. The first kappa shape index (κ1) is 13.5. The van der Waals surface area contributed by atoms with Crippen molar-refractivity contribution in [2.24, 2.45) is 0 Å². The molecule has 2 rings (SSSR count). The normalized spacial score (nSPS) is 21.8. The number of aliphatic hydroxyl groups is 1. The van der Waals surface area contributed by atoms with Gasteiger partial charge in [0.15, 0.2) is 0 Å². The second-order valence-electron chi connectivity index (χ2n) is 4.82. The van der Waals surface area contributed by atoms with Crippen molar-refractivity contribution < 1.29 is 14.8 Å². The lowest BCUT2D eigenvalue weighted by Gasteiger charge is -2.31. The first-order chi connectivity index (χ1) is 8.88. The largest absolute Gasteiger partial charge is 0.393 e. The average Bonchev–Trinajstić information content (AvgIpc) is 2.51. The summed E-state index contributed by atoms with van der Waals surface area (Å²) in [4.78, 5) is 22.1. The highest BCUT2D eigenvalue weighted by Gasteiger charge is 2.29. The molecule has 0 bridgehead atoms. The predicted molar refractivity (Wildman–Crippen MR) is 65.5 cm³/mol. The number of rotatable bonds is 4. The third kappa shape index (κ3) is 2.73. The molecule has 8 heteroatoms. The lowest BCUT2D eigenvalue weighted by atomic mass is 9.89. The minimum atomic E-state index is -0.492. The van der Waals surface area contributed by atoms with Crippen LogP contribution in [-0.2, 0) is 11.3 Å². The molecule has 1 aromatic rings. The SMILES string of the molecule is Cc1nn(CC(=O)NC2CC(O)C2)c(C)c1[N+](=O)[O-]. The van der Waals surface area contributed by atoms with Crippen LogP contribution in [0.3, 0.4) is 0 Å². The molecule has 0 unspecified atom stereocenters. The zero-order chi connectivity index (χ0) is 14.2. The van der Waals surface area contributed by atoms with E-state index < -0.39 is 4.92 Å². The Morgan fingerprint density at radius 2 is 2.21 bits per heavy atom. The van der Waals surface area contributed by atoms with Crippen molar-refractivity contribution in [3.05, 3.63) is 21.5 Å². The summed E-state index contributed by atoms with van der Waals surface area (Å²) in [6, 6.07) is -0.00514. The van der Waals surface area contributed by atoms with Crippen molar-refractivity contribution in [1.82, 2.24) is 15.1 Å². The lowest BCUT2D eigenvalue weighted by Crippen LogP contribution is -2.47. The molecule has 8 nitrogen and oxygen atoms in total. The number of hydrogen-bond acceptors (Lipinski definition) is 5. The van der Waals surface area contributed by atoms with E-state index in [1.54, 1.807) is 13.8 Å². The Bertz CT molecular complexity index is 519. The van der Waals surface area contributed by atoms with Gasteiger partial charge >= 0.3 is 5.69 Å². The molecule has 1 amide bonds. The van der Waals surface area contributed by atoms with E-state index in [2.05, 4.69) is 10.4 Å². The van der Waals surface area contributed by atoms with Crippen molar-refractivity contribution in [2.45, 2.75) is 45.4 Å². The second-order valence-corrected chi connectivity index (χ2v) is 4.82. The summed E-state index contributed by atoms with van der Waals surface area (Å²) in [6.45, 7) is 3.06. The fourth-order valence-electron chi connectivity index (χ4n) is 2.22. The highest BCUT2D eigenvalue weighted by atomic mass is 16.6. The van der Waals surface area contributed by atoms with Crippen molar-refractivity contribution in [3.8, 4) is 0 Å². The van der Waals surface area contributed by atoms with Crippen LogP contribution in [0.5, 0.6) is 0 Å². The number of aromatic nitrogens is 2. The van der Waals surface area contributed by atoms with Crippen LogP contribution in [0, 0.1) is 24.0 Å². The van der Waals surface area contributed by atoms with E-state index in [1.165, 1.54) is 4.68 Å². The number of aliphatic hydroxyl groups excluding tert-OH is 1. The molecule has 0 saturated heterocycles. The number of nitrogens with one attached hydrogen (secondary N) is 1. The van der Waals surface area contributed by atoms with E-state index in [0.29, 0.717) is 24.2 Å². The molecule has 0 spiro atoms. The van der Waals surface area contributed by atoms with Crippen LogP contribution in [0.2, 0.25) is 0 Å². The van der Waals surface area contributed by atoms with Gasteiger partial charge in [0.2, 0.25) is 5.91 Å². The third-order valence-corrected chi connectivity index (χ3v) is 3.30. The maximum atomic E-state index is 11.7. The molecule has 1 saturated carbocycles. The maximum Gasteiger partial charge on any atom is 0.312 e. The molecule has 0 radical (unpaired) electrons. The van der Waals surface area contributed by atoms with Crippen LogP contribution >= 0.6 is 0 Å². The molecule has 1 aliphatic carbocycles. The zero-order valence-corrected chi connectivity index (χ0v) is 10.8. The van der Waals surface area contributed by atoms with Gasteiger partial charge < -0.3 is 10.4 Å². The van der Waals surface area contributed by atoms with Gasteiger partial charge in [0.1, 0.15) is 17.9 Å². The Kier molecular flexibility index (Phi) is 3.52. The van der Waals surface area contributed by atoms with Gasteiger partial charge in [-0.1, -0.05) is 0 Å². The molecule has 1 aliphatic rings. The molecule has 0 atom stereocenters. The van der Waals surface area contributed by atoms with Gasteiger partial charge in [0.25, 0.3) is 0 Å². The van der Waals surface area contributed by atoms with Crippen LogP contribution in [0.15, 0.2) is 0 Å². The van der Waals surface area contributed by atoms with Crippen LogP contribution < -0.4 is 5.32 Å². The molecule has 104 valence electrons. The molecule has 0 aromatic carbocycles. The van der Waals surface area contributed by atoms with E-state index in [-0.39, 0.29) is 30.3 Å². The fourth-order valence-corrected chi connectivity index (χ4v) is 2.22. The molecule has 2 N–H and O–H groups in total. The Labute approximate surface area is 109 Å². The van der Waals surface area contributed by atoms with Crippen LogP contribution in [0.4, 0.5) is 5.69 Å². The predicted octanol–water partition coefficient (Wildman–Crippen LogP) is 0.0476. The summed E-state index contributed by atoms with van der Waals surface area (Å²) in [5, 5.41) is 26.7. The quantitative estimate of drug-likeness (QED) is 0.592. The van der Waals surface area contributed by atoms with Crippen LogP contribution in [0.25, 0.3) is 0 Å². The smallest absolute Gasteiger partial charge is 0.312 e. The first-order valence-corrected chi connectivity index (χ1v) is 6.04. The van der Waals surface area contributed by atoms with Crippen molar-refractivity contribution in [1.29, 1.82) is 0 Å². The lowest BCUT2D eigenvalue weighted by molar-refractivity contribution is -0.386. The summed E-state index contributed by atoms with van der Waals surface area (Å²) in [6.07, 6.45) is 0.784. The van der Waals surface area contributed by atoms with E-state index in [0.717, 1.165) is 0 Å². The number of carbonyl (C=O) groups is 1. The van der Waals surface area contributed by atoms with E-state index in [4.69, 9.17) is 5.11 Å². The van der Waals surface area contributed by atoms with Gasteiger partial charge in [-0.15, -0.1) is 0 Å². The molecule has 19 heavy (non-hydrogen) atoms. The topological polar surface area (TPSA) is 110 Å². The fraction of sp³-hybridized carbons (Fsp3) is 0.636. The van der Waals surface area contributed by atoms with Gasteiger partial charge in [-0.05, 0) is 26.7 Å². The minimum Gasteiger partial charge on any atom is -0.393 e. The third-order valence-electron chi connectivity index (χ3n) is 3.30.